The highest BCUT2D eigenvalue weighted by Crippen LogP contribution is 2.30. The van der Waals surface area contributed by atoms with Gasteiger partial charge in [0.2, 0.25) is 5.43 Å². The largest absolute Gasteiger partial charge is 0.481 e. The minimum absolute atomic E-state index is 0.0120. The Morgan fingerprint density at radius 1 is 1.13 bits per heavy atom. The van der Waals surface area contributed by atoms with Crippen molar-refractivity contribution < 1.29 is 29.0 Å². The maximum atomic E-state index is 12.7. The molecule has 2 aromatic rings. The molecule has 156 valence electrons. The molecule has 1 aliphatic carbocycles. The van der Waals surface area contributed by atoms with E-state index in [0.29, 0.717) is 0 Å². The second kappa shape index (κ2) is 7.17. The summed E-state index contributed by atoms with van der Waals surface area (Å²) < 4.78 is 5.71. The monoisotopic (exact) mass is 422 g/mol. The molecule has 1 atom stereocenters. The number of carboxylic acids is 2. The van der Waals surface area contributed by atoms with Crippen molar-refractivity contribution in [3.8, 4) is 11.5 Å². The van der Waals surface area contributed by atoms with Crippen molar-refractivity contribution in [3.63, 3.8) is 0 Å². The van der Waals surface area contributed by atoms with Gasteiger partial charge in [0, 0.05) is 24.1 Å². The second-order valence-corrected chi connectivity index (χ2v) is 7.06. The lowest BCUT2D eigenvalue weighted by Gasteiger charge is -2.12. The Bertz CT molecular complexity index is 1500. The average Bonchev–Trinajstić information content (AvgIpc) is 2.71. The van der Waals surface area contributed by atoms with Gasteiger partial charge in [-0.2, -0.15) is 0 Å². The summed E-state index contributed by atoms with van der Waals surface area (Å²) in [7, 11) is 0. The molecule has 4 rings (SSSR count). The van der Waals surface area contributed by atoms with Crippen LogP contribution in [-0.4, -0.2) is 37.9 Å². The molecule has 1 aliphatic heterocycles. The van der Waals surface area contributed by atoms with Crippen molar-refractivity contribution in [2.24, 2.45) is 5.92 Å². The summed E-state index contributed by atoms with van der Waals surface area (Å²) in [6, 6.07) is 6.42. The van der Waals surface area contributed by atoms with Crippen molar-refractivity contribution in [2.45, 2.75) is 13.3 Å². The van der Waals surface area contributed by atoms with Crippen LogP contribution in [0.3, 0.4) is 0 Å². The quantitative estimate of drug-likeness (QED) is 0.248. The van der Waals surface area contributed by atoms with Crippen molar-refractivity contribution in [3.05, 3.63) is 62.0 Å². The number of Topliss-reactive ketones (excluding diaryl/α,β-unsaturated/α-hetero) is 1. The lowest BCUT2D eigenvalue weighted by atomic mass is 9.98. The first kappa shape index (κ1) is 20.0. The second-order valence-electron chi connectivity index (χ2n) is 7.06. The Morgan fingerprint density at radius 2 is 1.87 bits per heavy atom. The zero-order valence-corrected chi connectivity index (χ0v) is 16.0. The Morgan fingerprint density at radius 3 is 2.55 bits per heavy atom. The van der Waals surface area contributed by atoms with Gasteiger partial charge in [0.15, 0.2) is 22.6 Å². The third-order valence-electron chi connectivity index (χ3n) is 4.90. The molecule has 2 aliphatic rings. The van der Waals surface area contributed by atoms with E-state index in [1.165, 1.54) is 25.1 Å². The molecule has 2 heterocycles. The number of hydrogen-bond acceptors (Lipinski definition) is 7. The van der Waals surface area contributed by atoms with E-state index in [9.17, 15) is 24.0 Å². The molecule has 1 aromatic carbocycles. The van der Waals surface area contributed by atoms with Crippen LogP contribution in [0.25, 0.3) is 33.5 Å². The van der Waals surface area contributed by atoms with Crippen LogP contribution >= 0.6 is 0 Å². The lowest BCUT2D eigenvalue weighted by molar-refractivity contribution is -0.141. The van der Waals surface area contributed by atoms with Crippen LogP contribution in [0.15, 0.2) is 44.3 Å². The van der Waals surface area contributed by atoms with E-state index in [1.54, 1.807) is 0 Å². The highest BCUT2D eigenvalue weighted by Gasteiger charge is 2.24. The van der Waals surface area contributed by atoms with Crippen LogP contribution in [0.2, 0.25) is 0 Å². The summed E-state index contributed by atoms with van der Waals surface area (Å²) in [5, 5.41) is 18.0. The fourth-order valence-corrected chi connectivity index (χ4v) is 3.32. The normalized spacial score (nSPS) is 12.3. The number of aromatic carboxylic acids is 1. The Kier molecular flexibility index (Phi) is 4.61. The Hall–Kier alpha value is -4.34. The number of carbonyl (C=O) groups is 3. The number of nitrogens with zero attached hydrogens (tertiary/aromatic N) is 1. The zero-order chi connectivity index (χ0) is 22.4. The molecule has 0 saturated carbocycles. The number of benzene rings is 2. The first-order chi connectivity index (χ1) is 14.7. The molecule has 0 radical (unpaired) electrons. The van der Waals surface area contributed by atoms with Crippen molar-refractivity contribution >= 4 is 39.7 Å². The van der Waals surface area contributed by atoms with Gasteiger partial charge in [-0.15, -0.1) is 0 Å². The van der Waals surface area contributed by atoms with Gasteiger partial charge in [0.05, 0.1) is 11.3 Å². The number of aromatic amines is 1. The number of rotatable bonds is 5. The number of ketones is 1. The smallest absolute Gasteiger partial charge is 0.352 e. The lowest BCUT2D eigenvalue weighted by Crippen LogP contribution is -2.17. The molecule has 0 bridgehead atoms. The summed E-state index contributed by atoms with van der Waals surface area (Å²) in [5.41, 5.74) is -1.76. The van der Waals surface area contributed by atoms with E-state index in [-0.39, 0.29) is 45.4 Å². The molecule has 1 unspecified atom stereocenters. The van der Waals surface area contributed by atoms with E-state index >= 15 is 0 Å². The molecule has 0 amide bonds. The van der Waals surface area contributed by atoms with Crippen LogP contribution in [0.5, 0.6) is 0 Å². The standard InChI is InChI=1S/C21H14N2O8/c1-8(20(27)28)5-11(24)9-3-2-4-14-17(9)23-19-15(31-14)7-13(26)18-16(19)12(25)6-10(22-18)21(29)30/h2-4,6-8H,5H2,1H3,(H,22,25)(H,27,28)(H,29,30). The van der Waals surface area contributed by atoms with Gasteiger partial charge in [-0.25, -0.2) is 9.78 Å². The summed E-state index contributed by atoms with van der Waals surface area (Å²) >= 11 is 0. The maximum absolute atomic E-state index is 12.7. The molecule has 3 N–H and O–H groups in total. The number of carbonyl (C=O) groups excluding carboxylic acids is 1. The number of pyridine rings is 1. The summed E-state index contributed by atoms with van der Waals surface area (Å²) in [4.78, 5) is 66.9. The Labute approximate surface area is 172 Å². The van der Waals surface area contributed by atoms with Crippen molar-refractivity contribution in [1.82, 2.24) is 9.97 Å². The minimum Gasteiger partial charge on any atom is -0.481 e. The third kappa shape index (κ3) is 3.33. The van der Waals surface area contributed by atoms with Gasteiger partial charge in [-0.3, -0.25) is 19.2 Å². The Balaban J connectivity index is 2.04. The number of para-hydroxylation sites is 1. The summed E-state index contributed by atoms with van der Waals surface area (Å²) in [6.45, 7) is 1.40. The first-order valence-corrected chi connectivity index (χ1v) is 9.10. The number of aromatic nitrogens is 2. The molecular weight excluding hydrogens is 408 g/mol. The highest BCUT2D eigenvalue weighted by molar-refractivity contribution is 6.07. The molecule has 10 nitrogen and oxygen atoms in total. The molecule has 1 aromatic heterocycles. The van der Waals surface area contributed by atoms with Crippen molar-refractivity contribution in [2.75, 3.05) is 0 Å². The van der Waals surface area contributed by atoms with E-state index in [4.69, 9.17) is 14.6 Å². The highest BCUT2D eigenvalue weighted by atomic mass is 16.4. The van der Waals surface area contributed by atoms with Gasteiger partial charge in [-0.05, 0) is 12.1 Å². The predicted molar refractivity (Wildman–Crippen MR) is 108 cm³/mol. The molecule has 0 saturated heterocycles. The number of aliphatic carboxylic acids is 1. The third-order valence-corrected chi connectivity index (χ3v) is 4.90. The van der Waals surface area contributed by atoms with Gasteiger partial charge in [0.1, 0.15) is 22.4 Å². The topological polar surface area (TPSA) is 168 Å². The molecule has 0 fully saturated rings. The predicted octanol–water partition coefficient (Wildman–Crippen LogP) is 2.13. The van der Waals surface area contributed by atoms with E-state index in [0.717, 1.165) is 12.1 Å². The fourth-order valence-electron chi connectivity index (χ4n) is 3.32. The van der Waals surface area contributed by atoms with Crippen LogP contribution in [0.4, 0.5) is 0 Å². The zero-order valence-electron chi connectivity index (χ0n) is 16.0. The van der Waals surface area contributed by atoms with Crippen LogP contribution in [0.1, 0.15) is 34.2 Å². The van der Waals surface area contributed by atoms with Gasteiger partial charge >= 0.3 is 11.9 Å². The van der Waals surface area contributed by atoms with Gasteiger partial charge in [0.25, 0.3) is 0 Å². The SMILES string of the molecule is CC(CC(=O)c1cccc2oc3cc(=O)c4[nH]c(C(=O)O)cc(=O)c4c-3nc12)C(=O)O. The van der Waals surface area contributed by atoms with Crippen LogP contribution in [0, 0.1) is 5.92 Å². The minimum atomic E-state index is -1.41. The van der Waals surface area contributed by atoms with Gasteiger partial charge in [-0.1, -0.05) is 13.0 Å². The van der Waals surface area contributed by atoms with Crippen LogP contribution in [-0.2, 0) is 4.79 Å². The number of carboxylic acid groups (broad SMARTS) is 2. The molecule has 0 spiro atoms. The number of hydrogen-bond donors (Lipinski definition) is 3. The first-order valence-electron chi connectivity index (χ1n) is 9.10. The van der Waals surface area contributed by atoms with E-state index < -0.39 is 40.2 Å². The van der Waals surface area contributed by atoms with Crippen molar-refractivity contribution in [1.29, 1.82) is 0 Å². The van der Waals surface area contributed by atoms with Crippen LogP contribution < -0.4 is 10.9 Å². The summed E-state index contributed by atoms with van der Waals surface area (Å²) in [5.74, 6) is -3.93. The van der Waals surface area contributed by atoms with Gasteiger partial charge < -0.3 is 19.6 Å². The summed E-state index contributed by atoms with van der Waals surface area (Å²) in [6.07, 6.45) is -0.267. The maximum Gasteiger partial charge on any atom is 0.352 e. The number of nitrogens with one attached hydrogen (secondary N) is 1. The van der Waals surface area contributed by atoms with E-state index in [2.05, 4.69) is 9.97 Å². The number of fused-ring (bicyclic) bond motifs is 4. The van der Waals surface area contributed by atoms with E-state index in [1.807, 2.05) is 0 Å². The molecular formula is C21H14N2O8. The molecule has 10 heteroatoms. The number of H-pyrrole nitrogens is 1. The average molecular weight is 422 g/mol. The molecule has 31 heavy (non-hydrogen) atoms. The fraction of sp³-hybridized carbons (Fsp3) is 0.143.